The Hall–Kier alpha value is -1.96. The van der Waals surface area contributed by atoms with Gasteiger partial charge in [-0.15, -0.1) is 11.3 Å². The molecular weight excluding hydrogens is 312 g/mol. The molecule has 7 nitrogen and oxygen atoms in total. The number of aromatic nitrogens is 4. The number of nitrogens with zero attached hydrogens (tertiary/aromatic N) is 4. The van der Waals surface area contributed by atoms with Crippen LogP contribution in [0.4, 0.5) is 4.79 Å². The third-order valence-electron chi connectivity index (χ3n) is 3.95. The quantitative estimate of drug-likeness (QED) is 0.898. The van der Waals surface area contributed by atoms with Crippen molar-refractivity contribution in [2.45, 2.75) is 59.2 Å². The van der Waals surface area contributed by atoms with E-state index in [0.29, 0.717) is 6.54 Å². The van der Waals surface area contributed by atoms with E-state index in [1.54, 1.807) is 11.3 Å². The lowest BCUT2D eigenvalue weighted by molar-refractivity contribution is 0.232. The van der Waals surface area contributed by atoms with Crippen LogP contribution in [0.5, 0.6) is 0 Å². The summed E-state index contributed by atoms with van der Waals surface area (Å²) in [7, 11) is 0. The van der Waals surface area contributed by atoms with Crippen molar-refractivity contribution in [3.05, 3.63) is 27.2 Å². The van der Waals surface area contributed by atoms with Crippen molar-refractivity contribution in [2.75, 3.05) is 0 Å². The van der Waals surface area contributed by atoms with Gasteiger partial charge in [-0.3, -0.25) is 0 Å². The molecule has 0 radical (unpaired) electrons. The van der Waals surface area contributed by atoms with Gasteiger partial charge in [0.15, 0.2) is 5.82 Å². The summed E-state index contributed by atoms with van der Waals surface area (Å²) in [5.74, 6) is 1.71. The van der Waals surface area contributed by atoms with E-state index >= 15 is 0 Å². The number of amides is 2. The third-order valence-corrected chi connectivity index (χ3v) is 5.02. The van der Waals surface area contributed by atoms with Crippen LogP contribution in [0, 0.1) is 13.8 Å². The van der Waals surface area contributed by atoms with Crippen LogP contribution in [0.25, 0.3) is 0 Å². The lowest BCUT2D eigenvalue weighted by atomic mass is 10.1. The van der Waals surface area contributed by atoms with Gasteiger partial charge in [0.2, 0.25) is 0 Å². The predicted octanol–water partition coefficient (Wildman–Crippen LogP) is 2.25. The van der Waals surface area contributed by atoms with Crippen LogP contribution in [-0.4, -0.2) is 25.8 Å². The standard InChI is InChI=1S/C15H22N6OS/c1-4-13-19-14-11(6-5-7-21(14)20-13)18-15(22)16-8-12-9(2)17-10(3)23-12/h11H,4-8H2,1-3H3,(H2,16,18,22). The van der Waals surface area contributed by atoms with Crippen molar-refractivity contribution in [2.24, 2.45) is 0 Å². The van der Waals surface area contributed by atoms with Crippen molar-refractivity contribution in [1.82, 2.24) is 30.4 Å². The van der Waals surface area contributed by atoms with Crippen LogP contribution in [0.3, 0.4) is 0 Å². The second-order valence-electron chi connectivity index (χ2n) is 5.73. The van der Waals surface area contributed by atoms with E-state index in [1.165, 1.54) is 0 Å². The van der Waals surface area contributed by atoms with Crippen LogP contribution < -0.4 is 10.6 Å². The lowest BCUT2D eigenvalue weighted by Gasteiger charge is -2.23. The minimum absolute atomic E-state index is 0.0687. The van der Waals surface area contributed by atoms with Crippen LogP contribution >= 0.6 is 11.3 Å². The second kappa shape index (κ2) is 6.66. The summed E-state index contributed by atoms with van der Waals surface area (Å²) < 4.78 is 1.92. The summed E-state index contributed by atoms with van der Waals surface area (Å²) in [6.07, 6.45) is 2.70. The van der Waals surface area contributed by atoms with Crippen LogP contribution in [0.1, 0.15) is 53.0 Å². The third kappa shape index (κ3) is 3.52. The maximum atomic E-state index is 12.2. The van der Waals surface area contributed by atoms with Gasteiger partial charge < -0.3 is 10.6 Å². The van der Waals surface area contributed by atoms with Gasteiger partial charge in [0.05, 0.1) is 23.3 Å². The van der Waals surface area contributed by atoms with Gasteiger partial charge in [-0.05, 0) is 26.7 Å². The Bertz CT molecular complexity index is 707. The Morgan fingerprint density at radius 1 is 1.39 bits per heavy atom. The highest BCUT2D eigenvalue weighted by molar-refractivity contribution is 7.11. The lowest BCUT2D eigenvalue weighted by Crippen LogP contribution is -2.39. The number of fused-ring (bicyclic) bond motifs is 1. The van der Waals surface area contributed by atoms with Gasteiger partial charge in [-0.2, -0.15) is 5.10 Å². The van der Waals surface area contributed by atoms with Crippen molar-refractivity contribution >= 4 is 17.4 Å². The first-order valence-corrected chi connectivity index (χ1v) is 8.79. The number of rotatable bonds is 4. The average Bonchev–Trinajstić information content (AvgIpc) is 3.08. The summed E-state index contributed by atoms with van der Waals surface area (Å²) in [5, 5.41) is 11.4. The van der Waals surface area contributed by atoms with E-state index in [4.69, 9.17) is 0 Å². The molecule has 0 saturated carbocycles. The average molecular weight is 334 g/mol. The predicted molar refractivity (Wildman–Crippen MR) is 88.3 cm³/mol. The number of carbonyl (C=O) groups excluding carboxylic acids is 1. The van der Waals surface area contributed by atoms with E-state index in [1.807, 2.05) is 25.5 Å². The first-order valence-electron chi connectivity index (χ1n) is 7.97. The molecule has 0 spiro atoms. The normalized spacial score (nSPS) is 16.9. The van der Waals surface area contributed by atoms with Gasteiger partial charge in [0.1, 0.15) is 5.82 Å². The van der Waals surface area contributed by atoms with Crippen LogP contribution in [0.2, 0.25) is 0 Å². The Morgan fingerprint density at radius 3 is 2.91 bits per heavy atom. The number of aryl methyl sites for hydroxylation is 4. The maximum absolute atomic E-state index is 12.2. The smallest absolute Gasteiger partial charge is 0.315 e. The number of hydrogen-bond donors (Lipinski definition) is 2. The van der Waals surface area contributed by atoms with Gasteiger partial charge in [-0.25, -0.2) is 19.4 Å². The topological polar surface area (TPSA) is 84.7 Å². The second-order valence-corrected chi connectivity index (χ2v) is 7.01. The van der Waals surface area contributed by atoms with Crippen molar-refractivity contribution in [3.8, 4) is 0 Å². The number of hydrogen-bond acceptors (Lipinski definition) is 5. The summed E-state index contributed by atoms with van der Waals surface area (Å²) >= 11 is 1.62. The minimum Gasteiger partial charge on any atom is -0.333 e. The molecule has 0 fully saturated rings. The van der Waals surface area contributed by atoms with Crippen LogP contribution in [0.15, 0.2) is 0 Å². The summed E-state index contributed by atoms with van der Waals surface area (Å²) in [6.45, 7) is 7.36. The molecule has 0 aromatic carbocycles. The molecule has 3 rings (SSSR count). The number of urea groups is 1. The fourth-order valence-corrected chi connectivity index (χ4v) is 3.67. The van der Waals surface area contributed by atoms with Crippen LogP contribution in [-0.2, 0) is 19.5 Å². The molecule has 2 aromatic rings. The van der Waals surface area contributed by atoms with E-state index in [9.17, 15) is 4.79 Å². The van der Waals surface area contributed by atoms with E-state index in [-0.39, 0.29) is 12.1 Å². The Morgan fingerprint density at radius 2 is 2.22 bits per heavy atom. The molecule has 8 heteroatoms. The molecule has 23 heavy (non-hydrogen) atoms. The first-order chi connectivity index (χ1) is 11.1. The van der Waals surface area contributed by atoms with Gasteiger partial charge >= 0.3 is 6.03 Å². The summed E-state index contributed by atoms with van der Waals surface area (Å²) in [4.78, 5) is 22.2. The largest absolute Gasteiger partial charge is 0.333 e. The highest BCUT2D eigenvalue weighted by atomic mass is 32.1. The molecule has 2 aromatic heterocycles. The molecular formula is C15H22N6OS. The zero-order valence-electron chi connectivity index (χ0n) is 13.7. The van der Waals surface area contributed by atoms with Crippen molar-refractivity contribution < 1.29 is 4.79 Å². The zero-order chi connectivity index (χ0) is 16.4. The van der Waals surface area contributed by atoms with E-state index in [2.05, 4.69) is 25.7 Å². The van der Waals surface area contributed by atoms with Crippen molar-refractivity contribution in [1.29, 1.82) is 0 Å². The zero-order valence-corrected chi connectivity index (χ0v) is 14.5. The molecule has 2 N–H and O–H groups in total. The van der Waals surface area contributed by atoms with Gasteiger partial charge in [0, 0.05) is 17.8 Å². The molecule has 1 aliphatic heterocycles. The molecule has 2 amide bonds. The molecule has 0 saturated heterocycles. The summed E-state index contributed by atoms with van der Waals surface area (Å²) in [6, 6.07) is -0.240. The fourth-order valence-electron chi connectivity index (χ4n) is 2.79. The van der Waals surface area contributed by atoms with Crippen molar-refractivity contribution in [3.63, 3.8) is 0 Å². The van der Waals surface area contributed by atoms with Gasteiger partial charge in [0.25, 0.3) is 0 Å². The Balaban J connectivity index is 1.60. The highest BCUT2D eigenvalue weighted by Crippen LogP contribution is 2.23. The SMILES string of the molecule is CCc1nc2n(n1)CCCC2NC(=O)NCc1sc(C)nc1C. The fraction of sp³-hybridized carbons (Fsp3) is 0.600. The maximum Gasteiger partial charge on any atom is 0.315 e. The molecule has 0 aliphatic carbocycles. The molecule has 1 aliphatic rings. The highest BCUT2D eigenvalue weighted by Gasteiger charge is 2.25. The first kappa shape index (κ1) is 15.9. The Kier molecular flexibility index (Phi) is 4.61. The number of carbonyl (C=O) groups is 1. The minimum atomic E-state index is -0.171. The molecule has 124 valence electrons. The van der Waals surface area contributed by atoms with Gasteiger partial charge in [-0.1, -0.05) is 6.92 Å². The number of nitrogens with one attached hydrogen (secondary N) is 2. The monoisotopic (exact) mass is 334 g/mol. The molecule has 1 unspecified atom stereocenters. The Labute approximate surface area is 139 Å². The molecule has 1 atom stereocenters. The van der Waals surface area contributed by atoms with E-state index in [0.717, 1.165) is 53.0 Å². The molecule has 0 bridgehead atoms. The summed E-state index contributed by atoms with van der Waals surface area (Å²) in [5.41, 5.74) is 0.984. The van der Waals surface area contributed by atoms with E-state index < -0.39 is 0 Å². The molecule has 3 heterocycles. The number of thiazole rings is 1.